The predicted molar refractivity (Wildman–Crippen MR) is 72.7 cm³/mol. The Kier molecular flexibility index (Phi) is 6.56. The van der Waals surface area contributed by atoms with Crippen LogP contribution in [0.25, 0.3) is 0 Å². The number of hydrogen-bond acceptors (Lipinski definition) is 4. The van der Waals surface area contributed by atoms with Crippen LogP contribution in [0, 0.1) is 13.8 Å². The van der Waals surface area contributed by atoms with Crippen molar-refractivity contribution in [1.29, 1.82) is 0 Å². The van der Waals surface area contributed by atoms with Crippen LogP contribution in [0.4, 0.5) is 0 Å². The monoisotopic (exact) mass is 268 g/mol. The van der Waals surface area contributed by atoms with E-state index in [0.29, 0.717) is 13.0 Å². The zero-order valence-corrected chi connectivity index (χ0v) is 12.1. The molecule has 0 aliphatic rings. The van der Waals surface area contributed by atoms with E-state index in [2.05, 4.69) is 5.10 Å². The molecule has 108 valence electrons. The van der Waals surface area contributed by atoms with E-state index in [-0.39, 0.29) is 12.6 Å². The minimum Gasteiger partial charge on any atom is -0.466 e. The molecule has 0 saturated carbocycles. The van der Waals surface area contributed by atoms with E-state index in [4.69, 9.17) is 4.74 Å². The van der Waals surface area contributed by atoms with Gasteiger partial charge in [-0.2, -0.15) is 5.10 Å². The Morgan fingerprint density at radius 2 is 2.05 bits per heavy atom. The number of aromatic nitrogens is 2. The van der Waals surface area contributed by atoms with E-state index in [0.717, 1.165) is 42.8 Å². The van der Waals surface area contributed by atoms with Gasteiger partial charge in [-0.05, 0) is 33.6 Å². The quantitative estimate of drug-likeness (QED) is 0.579. The van der Waals surface area contributed by atoms with Crippen molar-refractivity contribution < 1.29 is 14.6 Å². The summed E-state index contributed by atoms with van der Waals surface area (Å²) < 4.78 is 6.81. The third-order valence-corrected chi connectivity index (χ3v) is 3.25. The number of carbonyl (C=O) groups excluding carboxylic acids is 1. The van der Waals surface area contributed by atoms with Crippen LogP contribution in [0.5, 0.6) is 0 Å². The highest BCUT2D eigenvalue weighted by molar-refractivity contribution is 5.69. The van der Waals surface area contributed by atoms with Crippen LogP contribution in [-0.2, 0) is 22.7 Å². The summed E-state index contributed by atoms with van der Waals surface area (Å²) in [7, 11) is 0. The van der Waals surface area contributed by atoms with Crippen molar-refractivity contribution in [2.75, 3.05) is 6.61 Å². The lowest BCUT2D eigenvalue weighted by atomic mass is 10.2. The van der Waals surface area contributed by atoms with Gasteiger partial charge in [-0.3, -0.25) is 9.48 Å². The van der Waals surface area contributed by atoms with Gasteiger partial charge in [0.25, 0.3) is 0 Å². The van der Waals surface area contributed by atoms with Crippen LogP contribution in [-0.4, -0.2) is 27.5 Å². The number of hydrogen-bond donors (Lipinski definition) is 1. The molecule has 0 amide bonds. The van der Waals surface area contributed by atoms with Crippen LogP contribution >= 0.6 is 0 Å². The second-order valence-corrected chi connectivity index (χ2v) is 4.65. The summed E-state index contributed by atoms with van der Waals surface area (Å²) in [6, 6.07) is 0. The summed E-state index contributed by atoms with van der Waals surface area (Å²) in [4.78, 5) is 11.1. The van der Waals surface area contributed by atoms with Gasteiger partial charge in [0.2, 0.25) is 0 Å². The fourth-order valence-corrected chi connectivity index (χ4v) is 2.12. The van der Waals surface area contributed by atoms with Crippen LogP contribution in [0.3, 0.4) is 0 Å². The molecule has 5 heteroatoms. The molecule has 5 nitrogen and oxygen atoms in total. The van der Waals surface area contributed by atoms with E-state index in [1.54, 1.807) is 0 Å². The Balaban J connectivity index is 2.28. The first kappa shape index (κ1) is 15.7. The number of aryl methyl sites for hydroxylation is 2. The SMILES string of the molecule is CCOC(=O)CCCCCn1nc(C)c(CO)c1C. The van der Waals surface area contributed by atoms with E-state index in [1.807, 2.05) is 25.5 Å². The largest absolute Gasteiger partial charge is 0.466 e. The molecule has 0 aromatic carbocycles. The third kappa shape index (κ3) is 4.67. The van der Waals surface area contributed by atoms with Crippen LogP contribution < -0.4 is 0 Å². The van der Waals surface area contributed by atoms with Crippen LogP contribution in [0.2, 0.25) is 0 Å². The lowest BCUT2D eigenvalue weighted by Crippen LogP contribution is -2.05. The molecule has 1 aromatic rings. The molecule has 0 unspecified atom stereocenters. The molecule has 1 N–H and O–H groups in total. The average molecular weight is 268 g/mol. The van der Waals surface area contributed by atoms with E-state index < -0.39 is 0 Å². The summed E-state index contributed by atoms with van der Waals surface area (Å²) in [5.74, 6) is -0.115. The van der Waals surface area contributed by atoms with Crippen molar-refractivity contribution in [2.45, 2.75) is 59.6 Å². The number of rotatable bonds is 8. The van der Waals surface area contributed by atoms with Gasteiger partial charge in [0.1, 0.15) is 0 Å². The van der Waals surface area contributed by atoms with Gasteiger partial charge in [0, 0.05) is 24.2 Å². The topological polar surface area (TPSA) is 64.4 Å². The zero-order chi connectivity index (χ0) is 14.3. The Morgan fingerprint density at radius 3 is 2.63 bits per heavy atom. The van der Waals surface area contributed by atoms with E-state index in [1.165, 1.54) is 0 Å². The zero-order valence-electron chi connectivity index (χ0n) is 12.1. The highest BCUT2D eigenvalue weighted by Gasteiger charge is 2.09. The fraction of sp³-hybridized carbons (Fsp3) is 0.714. The van der Waals surface area contributed by atoms with Gasteiger partial charge in [-0.25, -0.2) is 0 Å². The molecule has 0 spiro atoms. The lowest BCUT2D eigenvalue weighted by molar-refractivity contribution is -0.143. The Hall–Kier alpha value is -1.36. The number of carbonyl (C=O) groups is 1. The number of aliphatic hydroxyl groups is 1. The first-order chi connectivity index (χ1) is 9.10. The minimum absolute atomic E-state index is 0.0422. The molecule has 0 radical (unpaired) electrons. The number of ether oxygens (including phenoxy) is 1. The number of nitrogens with zero attached hydrogens (tertiary/aromatic N) is 2. The van der Waals surface area contributed by atoms with Crippen LogP contribution in [0.15, 0.2) is 0 Å². The maximum Gasteiger partial charge on any atom is 0.305 e. The van der Waals surface area contributed by atoms with Gasteiger partial charge in [-0.1, -0.05) is 6.42 Å². The molecule has 19 heavy (non-hydrogen) atoms. The van der Waals surface area contributed by atoms with E-state index in [9.17, 15) is 9.90 Å². The summed E-state index contributed by atoms with van der Waals surface area (Å²) in [5.41, 5.74) is 2.85. The number of aliphatic hydroxyl groups excluding tert-OH is 1. The van der Waals surface area contributed by atoms with Crippen molar-refractivity contribution in [3.63, 3.8) is 0 Å². The smallest absolute Gasteiger partial charge is 0.305 e. The molecule has 0 atom stereocenters. The highest BCUT2D eigenvalue weighted by Crippen LogP contribution is 2.14. The van der Waals surface area contributed by atoms with Gasteiger partial charge >= 0.3 is 5.97 Å². The Bertz CT molecular complexity index is 413. The normalized spacial score (nSPS) is 10.7. The van der Waals surface area contributed by atoms with E-state index >= 15 is 0 Å². The summed E-state index contributed by atoms with van der Waals surface area (Å²) >= 11 is 0. The van der Waals surface area contributed by atoms with Gasteiger partial charge < -0.3 is 9.84 Å². The second kappa shape index (κ2) is 7.94. The Labute approximate surface area is 114 Å². The van der Waals surface area contributed by atoms with Crippen molar-refractivity contribution in [3.8, 4) is 0 Å². The molecule has 1 aromatic heterocycles. The molecular weight excluding hydrogens is 244 g/mol. The second-order valence-electron chi connectivity index (χ2n) is 4.65. The number of unbranched alkanes of at least 4 members (excludes halogenated alkanes) is 2. The van der Waals surface area contributed by atoms with Gasteiger partial charge in [-0.15, -0.1) is 0 Å². The molecule has 0 saturated heterocycles. The predicted octanol–water partition coefficient (Wildman–Crippen LogP) is 2.12. The highest BCUT2D eigenvalue weighted by atomic mass is 16.5. The van der Waals surface area contributed by atoms with Gasteiger partial charge in [0.15, 0.2) is 0 Å². The summed E-state index contributed by atoms with van der Waals surface area (Å²) in [6.45, 7) is 7.03. The molecule has 0 aliphatic heterocycles. The number of esters is 1. The summed E-state index contributed by atoms with van der Waals surface area (Å²) in [5, 5.41) is 13.6. The van der Waals surface area contributed by atoms with Crippen molar-refractivity contribution in [2.24, 2.45) is 0 Å². The van der Waals surface area contributed by atoms with Crippen molar-refractivity contribution in [3.05, 3.63) is 17.0 Å². The molecule has 1 rings (SSSR count). The lowest BCUT2D eigenvalue weighted by Gasteiger charge is -2.05. The molecule has 0 aliphatic carbocycles. The average Bonchev–Trinajstić information content (AvgIpc) is 2.64. The minimum atomic E-state index is -0.115. The maximum absolute atomic E-state index is 11.1. The first-order valence-corrected chi connectivity index (χ1v) is 6.89. The maximum atomic E-state index is 11.1. The first-order valence-electron chi connectivity index (χ1n) is 6.89. The van der Waals surface area contributed by atoms with Crippen LogP contribution in [0.1, 0.15) is 49.6 Å². The molecular formula is C14H24N2O3. The molecule has 0 fully saturated rings. The standard InChI is InChI=1S/C14H24N2O3/c1-4-19-14(18)8-6-5-7-9-16-12(3)13(10-17)11(2)15-16/h17H,4-10H2,1-3H3. The Morgan fingerprint density at radius 1 is 1.32 bits per heavy atom. The van der Waals surface area contributed by atoms with Crippen molar-refractivity contribution in [1.82, 2.24) is 9.78 Å². The third-order valence-electron chi connectivity index (χ3n) is 3.25. The fourth-order valence-electron chi connectivity index (χ4n) is 2.12. The molecule has 1 heterocycles. The summed E-state index contributed by atoms with van der Waals surface area (Å²) in [6.07, 6.45) is 3.30. The molecule has 0 bridgehead atoms. The van der Waals surface area contributed by atoms with Gasteiger partial charge in [0.05, 0.1) is 18.9 Å². The van der Waals surface area contributed by atoms with Crippen molar-refractivity contribution >= 4 is 5.97 Å².